The Kier molecular flexibility index (Phi) is 5.79. The fourth-order valence-corrected chi connectivity index (χ4v) is 3.20. The molecule has 0 radical (unpaired) electrons. The first-order valence-electron chi connectivity index (χ1n) is 7.53. The maximum absolute atomic E-state index is 12.1. The van der Waals surface area contributed by atoms with E-state index in [1.165, 1.54) is 0 Å². The van der Waals surface area contributed by atoms with Gasteiger partial charge in [0.25, 0.3) is 5.56 Å². The number of hydrogen-bond acceptors (Lipinski definition) is 4. The van der Waals surface area contributed by atoms with E-state index < -0.39 is 0 Å². The largest absolute Gasteiger partial charge is 0.310 e. The van der Waals surface area contributed by atoms with Crippen LogP contribution in [0.4, 0.5) is 0 Å². The van der Waals surface area contributed by atoms with Gasteiger partial charge in [0.15, 0.2) is 0 Å². The second-order valence-corrected chi connectivity index (χ2v) is 7.55. The Bertz CT molecular complexity index is 543. The lowest BCUT2D eigenvalue weighted by molar-refractivity contribution is 0.113. The summed E-state index contributed by atoms with van der Waals surface area (Å²) < 4.78 is 0.735. The number of aromatic nitrogens is 2. The number of H-pyrrole nitrogens is 1. The summed E-state index contributed by atoms with van der Waals surface area (Å²) in [6.45, 7) is 7.49. The number of likely N-dealkylation sites (N-methyl/N-ethyl adjacent to an activating group) is 2. The summed E-state index contributed by atoms with van der Waals surface area (Å²) in [4.78, 5) is 24.5. The Morgan fingerprint density at radius 2 is 2.10 bits per heavy atom. The van der Waals surface area contributed by atoms with Gasteiger partial charge in [-0.25, -0.2) is 4.98 Å². The predicted octanol–water partition coefficient (Wildman–Crippen LogP) is 1.36. The van der Waals surface area contributed by atoms with E-state index >= 15 is 0 Å². The molecule has 2 rings (SSSR count). The molecule has 21 heavy (non-hydrogen) atoms. The highest BCUT2D eigenvalue weighted by Gasteiger charge is 2.23. The van der Waals surface area contributed by atoms with Gasteiger partial charge in [-0.15, -0.1) is 0 Å². The first kappa shape index (κ1) is 16.9. The van der Waals surface area contributed by atoms with Crippen LogP contribution in [0.3, 0.4) is 0 Å². The van der Waals surface area contributed by atoms with E-state index in [0.29, 0.717) is 12.0 Å². The molecule has 1 fully saturated rings. The zero-order chi connectivity index (χ0) is 15.6. The van der Waals surface area contributed by atoms with E-state index in [2.05, 4.69) is 65.3 Å². The van der Waals surface area contributed by atoms with Crippen molar-refractivity contribution in [1.29, 1.82) is 0 Å². The Balaban J connectivity index is 2.19. The maximum Gasteiger partial charge on any atom is 0.264 e. The van der Waals surface area contributed by atoms with Crippen molar-refractivity contribution < 1.29 is 0 Å². The third-order valence-corrected chi connectivity index (χ3v) is 5.10. The fourth-order valence-electron chi connectivity index (χ4n) is 2.72. The normalized spacial score (nSPS) is 21.1. The molecule has 5 nitrogen and oxygen atoms in total. The van der Waals surface area contributed by atoms with Crippen molar-refractivity contribution in [3.63, 3.8) is 0 Å². The molecular formula is C15H25IN4O. The number of nitrogens with zero attached hydrogens (tertiary/aromatic N) is 3. The van der Waals surface area contributed by atoms with Gasteiger partial charge in [-0.2, -0.15) is 0 Å². The third kappa shape index (κ3) is 4.50. The monoisotopic (exact) mass is 404 g/mol. The quantitative estimate of drug-likeness (QED) is 0.771. The van der Waals surface area contributed by atoms with E-state index in [1.807, 2.05) is 0 Å². The molecule has 0 aliphatic carbocycles. The molecule has 0 bridgehead atoms. The lowest BCUT2D eigenvalue weighted by atomic mass is 10.1. The fraction of sp³-hybridized carbons (Fsp3) is 0.733. The van der Waals surface area contributed by atoms with Gasteiger partial charge in [-0.3, -0.25) is 4.79 Å². The number of nitrogens with one attached hydrogen (secondary N) is 1. The molecular weight excluding hydrogens is 379 g/mol. The van der Waals surface area contributed by atoms with Gasteiger partial charge < -0.3 is 14.8 Å². The average molecular weight is 404 g/mol. The average Bonchev–Trinajstić information content (AvgIpc) is 2.39. The van der Waals surface area contributed by atoms with Crippen LogP contribution in [0, 0.1) is 9.49 Å². The van der Waals surface area contributed by atoms with E-state index in [0.717, 1.165) is 47.6 Å². The maximum atomic E-state index is 12.1. The molecule has 1 unspecified atom stereocenters. The molecule has 0 saturated carbocycles. The molecule has 0 amide bonds. The zero-order valence-corrected chi connectivity index (χ0v) is 15.5. The summed E-state index contributed by atoms with van der Waals surface area (Å²) in [5.41, 5.74) is 0.944. The van der Waals surface area contributed by atoms with Crippen LogP contribution in [0.5, 0.6) is 0 Å². The molecule has 1 aliphatic heterocycles. The van der Waals surface area contributed by atoms with Crippen molar-refractivity contribution in [3.05, 3.63) is 25.4 Å². The molecule has 1 aromatic rings. The molecule has 1 aromatic heterocycles. The van der Waals surface area contributed by atoms with Crippen LogP contribution >= 0.6 is 22.6 Å². The topological polar surface area (TPSA) is 52.2 Å². The van der Waals surface area contributed by atoms with Crippen LogP contribution in [0.1, 0.15) is 25.4 Å². The van der Waals surface area contributed by atoms with E-state index in [9.17, 15) is 4.79 Å². The molecule has 6 heteroatoms. The van der Waals surface area contributed by atoms with Crippen molar-refractivity contribution in [3.8, 4) is 0 Å². The summed E-state index contributed by atoms with van der Waals surface area (Å²) in [5, 5.41) is 0. The third-order valence-electron chi connectivity index (χ3n) is 3.99. The van der Waals surface area contributed by atoms with E-state index in [-0.39, 0.29) is 5.56 Å². The van der Waals surface area contributed by atoms with Crippen molar-refractivity contribution in [1.82, 2.24) is 19.8 Å². The van der Waals surface area contributed by atoms with Gasteiger partial charge in [0.05, 0.1) is 9.26 Å². The van der Waals surface area contributed by atoms with Gasteiger partial charge in [-0.1, -0.05) is 13.8 Å². The van der Waals surface area contributed by atoms with Crippen LogP contribution in [0.2, 0.25) is 0 Å². The van der Waals surface area contributed by atoms with Gasteiger partial charge in [0.2, 0.25) is 0 Å². The summed E-state index contributed by atoms with van der Waals surface area (Å²) in [6, 6.07) is 0.416. The van der Waals surface area contributed by atoms with Crippen molar-refractivity contribution in [2.45, 2.75) is 32.7 Å². The number of halogens is 1. The number of hydrogen-bond donors (Lipinski definition) is 1. The number of aromatic amines is 1. The number of piperazine rings is 1. The Labute approximate surface area is 140 Å². The first-order valence-corrected chi connectivity index (χ1v) is 8.61. The SMILES string of the molecule is CC(C)Cc1nc(CC2CN(C)CCN2C)[nH]c(=O)c1I. The molecule has 0 spiro atoms. The minimum atomic E-state index is 0.00284. The first-order chi connectivity index (χ1) is 9.86. The van der Waals surface area contributed by atoms with Crippen LogP contribution in [-0.4, -0.2) is 59.5 Å². The van der Waals surface area contributed by atoms with Crippen molar-refractivity contribution in [2.24, 2.45) is 5.92 Å². The Morgan fingerprint density at radius 1 is 1.38 bits per heavy atom. The minimum absolute atomic E-state index is 0.00284. The van der Waals surface area contributed by atoms with Crippen molar-refractivity contribution >= 4 is 22.6 Å². The second kappa shape index (κ2) is 7.19. The molecule has 1 saturated heterocycles. The Hall–Kier alpha value is -0.470. The van der Waals surface area contributed by atoms with Gasteiger partial charge in [-0.05, 0) is 49.0 Å². The lowest BCUT2D eigenvalue weighted by Crippen LogP contribution is -2.51. The van der Waals surface area contributed by atoms with Crippen LogP contribution in [0.15, 0.2) is 4.79 Å². The highest BCUT2D eigenvalue weighted by molar-refractivity contribution is 14.1. The Morgan fingerprint density at radius 3 is 2.76 bits per heavy atom. The lowest BCUT2D eigenvalue weighted by Gasteiger charge is -2.37. The summed E-state index contributed by atoms with van der Waals surface area (Å²) >= 11 is 2.11. The zero-order valence-electron chi connectivity index (χ0n) is 13.3. The van der Waals surface area contributed by atoms with Gasteiger partial charge in [0, 0.05) is 32.1 Å². The summed E-state index contributed by atoms with van der Waals surface area (Å²) in [7, 11) is 4.30. The highest BCUT2D eigenvalue weighted by Crippen LogP contribution is 2.13. The molecule has 2 heterocycles. The molecule has 118 valence electrons. The minimum Gasteiger partial charge on any atom is -0.310 e. The predicted molar refractivity (Wildman–Crippen MR) is 93.7 cm³/mol. The van der Waals surface area contributed by atoms with Crippen LogP contribution < -0.4 is 5.56 Å². The summed E-state index contributed by atoms with van der Waals surface area (Å²) in [5.74, 6) is 1.33. The van der Waals surface area contributed by atoms with E-state index in [1.54, 1.807) is 0 Å². The molecule has 1 aliphatic rings. The second-order valence-electron chi connectivity index (χ2n) is 6.47. The summed E-state index contributed by atoms with van der Waals surface area (Å²) in [6.07, 6.45) is 1.66. The van der Waals surface area contributed by atoms with Gasteiger partial charge >= 0.3 is 0 Å². The van der Waals surface area contributed by atoms with Crippen LogP contribution in [-0.2, 0) is 12.8 Å². The van der Waals surface area contributed by atoms with Crippen molar-refractivity contribution in [2.75, 3.05) is 33.7 Å². The standard InChI is InChI=1S/C15H25IN4O/c1-10(2)7-12-14(16)15(21)18-13(17-12)8-11-9-19(3)5-6-20(11)4/h10-11H,5-9H2,1-4H3,(H,17,18,21). The van der Waals surface area contributed by atoms with E-state index in [4.69, 9.17) is 4.98 Å². The number of rotatable bonds is 4. The van der Waals surface area contributed by atoms with Gasteiger partial charge in [0.1, 0.15) is 5.82 Å². The van der Waals surface area contributed by atoms with Crippen LogP contribution in [0.25, 0.3) is 0 Å². The highest BCUT2D eigenvalue weighted by atomic mass is 127. The molecule has 0 aromatic carbocycles. The smallest absolute Gasteiger partial charge is 0.264 e. The molecule has 1 N–H and O–H groups in total. The molecule has 1 atom stereocenters.